The fourth-order valence-corrected chi connectivity index (χ4v) is 3.07. The van der Waals surface area contributed by atoms with Gasteiger partial charge in [0.25, 0.3) is 0 Å². The Morgan fingerprint density at radius 2 is 1.90 bits per heavy atom. The van der Waals surface area contributed by atoms with Crippen LogP contribution in [0.3, 0.4) is 0 Å². The molecule has 0 unspecified atom stereocenters. The number of aromatic nitrogens is 4. The van der Waals surface area contributed by atoms with Crippen LogP contribution in [0, 0.1) is 0 Å². The zero-order valence-electron chi connectivity index (χ0n) is 10.7. The zero-order chi connectivity index (χ0) is 14.9. The maximum Gasteiger partial charge on any atom is 0.190 e. The van der Waals surface area contributed by atoms with Crippen molar-refractivity contribution in [2.45, 2.75) is 6.54 Å². The van der Waals surface area contributed by atoms with Crippen molar-refractivity contribution in [3.8, 4) is 10.6 Å². The lowest BCUT2D eigenvalue weighted by molar-refractivity contribution is -0.692. The summed E-state index contributed by atoms with van der Waals surface area (Å²) in [6.45, 7) is 0.134. The summed E-state index contributed by atoms with van der Waals surface area (Å²) >= 11 is 1.43. The maximum atomic E-state index is 10.6. The van der Waals surface area contributed by atoms with Gasteiger partial charge >= 0.3 is 0 Å². The van der Waals surface area contributed by atoms with E-state index in [1.54, 1.807) is 29.4 Å². The van der Waals surface area contributed by atoms with Gasteiger partial charge in [0.05, 0.1) is 5.75 Å². The molecule has 0 aliphatic carbocycles. The molecule has 7 nitrogen and oxygen atoms in total. The second-order valence-electron chi connectivity index (χ2n) is 4.29. The fraction of sp³-hybridized carbons (Fsp3) is 0.167. The van der Waals surface area contributed by atoms with E-state index in [1.807, 2.05) is 12.1 Å². The Morgan fingerprint density at radius 3 is 2.57 bits per heavy atom. The van der Waals surface area contributed by atoms with Gasteiger partial charge in [-0.15, -0.1) is 0 Å². The molecule has 108 valence electrons. The average molecular weight is 322 g/mol. The Hall–Kier alpha value is -1.97. The Morgan fingerprint density at radius 1 is 1.19 bits per heavy atom. The van der Waals surface area contributed by atoms with Crippen molar-refractivity contribution in [1.82, 2.24) is 15.0 Å². The van der Waals surface area contributed by atoms with Crippen LogP contribution in [0.5, 0.6) is 0 Å². The second kappa shape index (κ2) is 5.43. The third-order valence-electron chi connectivity index (χ3n) is 2.78. The van der Waals surface area contributed by atoms with Crippen LogP contribution in [-0.4, -0.2) is 33.7 Å². The molecule has 0 spiro atoms. The van der Waals surface area contributed by atoms with Crippen LogP contribution < -0.4 is 4.57 Å². The summed E-state index contributed by atoms with van der Waals surface area (Å²) in [5.41, 5.74) is 1.49. The quantitative estimate of drug-likeness (QED) is 0.515. The largest absolute Gasteiger partial charge is 0.748 e. The lowest BCUT2D eigenvalue weighted by Crippen LogP contribution is -2.36. The minimum Gasteiger partial charge on any atom is -0.748 e. The monoisotopic (exact) mass is 322 g/mol. The zero-order valence-corrected chi connectivity index (χ0v) is 12.3. The molecule has 21 heavy (non-hydrogen) atoms. The van der Waals surface area contributed by atoms with E-state index in [0.29, 0.717) is 5.65 Å². The Kier molecular flexibility index (Phi) is 3.62. The van der Waals surface area contributed by atoms with E-state index in [-0.39, 0.29) is 6.54 Å². The minimum atomic E-state index is -4.20. The molecule has 0 aliphatic rings. The predicted molar refractivity (Wildman–Crippen MR) is 75.4 cm³/mol. The maximum absolute atomic E-state index is 10.6. The SMILES string of the molecule is O=S(=O)([O-])CC[n+]1ccc(-c2nc3nccnc3s2)cc1. The van der Waals surface area contributed by atoms with Crippen LogP contribution in [0.25, 0.3) is 21.0 Å². The number of thiazole rings is 1. The predicted octanol–water partition coefficient (Wildman–Crippen LogP) is 0.586. The minimum absolute atomic E-state index is 0.134. The van der Waals surface area contributed by atoms with Crippen LogP contribution in [0.15, 0.2) is 36.9 Å². The summed E-state index contributed by atoms with van der Waals surface area (Å²) in [7, 11) is -4.20. The van der Waals surface area contributed by atoms with Gasteiger partial charge in [0.1, 0.15) is 15.1 Å². The molecule has 0 radical (unpaired) electrons. The van der Waals surface area contributed by atoms with Crippen molar-refractivity contribution < 1.29 is 17.5 Å². The molecule has 3 rings (SSSR count). The van der Waals surface area contributed by atoms with Gasteiger partial charge in [-0.1, -0.05) is 11.3 Å². The molecule has 0 amide bonds. The number of pyridine rings is 1. The molecule has 0 N–H and O–H groups in total. The first-order valence-corrected chi connectivity index (χ1v) is 8.41. The van der Waals surface area contributed by atoms with Gasteiger partial charge in [0, 0.05) is 30.1 Å². The number of rotatable bonds is 4. The summed E-state index contributed by atoms with van der Waals surface area (Å²) in [6, 6.07) is 3.63. The topological polar surface area (TPSA) is 99.8 Å². The molecule has 0 fully saturated rings. The highest BCUT2D eigenvalue weighted by Gasteiger charge is 2.10. The van der Waals surface area contributed by atoms with Crippen molar-refractivity contribution >= 4 is 31.9 Å². The lowest BCUT2D eigenvalue weighted by atomic mass is 10.3. The van der Waals surface area contributed by atoms with E-state index in [4.69, 9.17) is 0 Å². The van der Waals surface area contributed by atoms with E-state index in [0.717, 1.165) is 15.4 Å². The van der Waals surface area contributed by atoms with E-state index in [9.17, 15) is 13.0 Å². The lowest BCUT2D eigenvalue weighted by Gasteiger charge is -2.03. The second-order valence-corrected chi connectivity index (χ2v) is 6.79. The third kappa shape index (κ3) is 3.38. The van der Waals surface area contributed by atoms with Crippen LogP contribution >= 0.6 is 11.3 Å². The molecule has 0 aromatic carbocycles. The molecule has 3 heterocycles. The van der Waals surface area contributed by atoms with Crippen LogP contribution in [0.1, 0.15) is 0 Å². The number of aryl methyl sites for hydroxylation is 1. The van der Waals surface area contributed by atoms with Crippen LogP contribution in [0.4, 0.5) is 0 Å². The van der Waals surface area contributed by atoms with Gasteiger partial charge in [-0.3, -0.25) is 0 Å². The molecule has 3 aromatic rings. The molecular formula is C12H10N4O3S2. The molecule has 0 saturated carbocycles. The normalized spacial score (nSPS) is 11.9. The molecule has 9 heteroatoms. The summed E-state index contributed by atoms with van der Waals surface area (Å²) in [6.07, 6.45) is 6.64. The molecule has 0 atom stereocenters. The van der Waals surface area contributed by atoms with Gasteiger partial charge in [0.2, 0.25) is 0 Å². The van der Waals surface area contributed by atoms with Crippen molar-refractivity contribution in [1.29, 1.82) is 0 Å². The van der Waals surface area contributed by atoms with Crippen molar-refractivity contribution in [2.24, 2.45) is 0 Å². The van der Waals surface area contributed by atoms with E-state index in [2.05, 4.69) is 15.0 Å². The number of hydrogen-bond acceptors (Lipinski definition) is 7. The highest BCUT2D eigenvalue weighted by atomic mass is 32.2. The fourth-order valence-electron chi connectivity index (χ4n) is 1.77. The van der Waals surface area contributed by atoms with Crippen LogP contribution in [0.2, 0.25) is 0 Å². The van der Waals surface area contributed by atoms with Crippen molar-refractivity contribution in [3.63, 3.8) is 0 Å². The molecule has 3 aromatic heterocycles. The smallest absolute Gasteiger partial charge is 0.190 e. The van der Waals surface area contributed by atoms with E-state index < -0.39 is 15.9 Å². The Balaban J connectivity index is 1.83. The first-order valence-electron chi connectivity index (χ1n) is 6.02. The summed E-state index contributed by atoms with van der Waals surface area (Å²) in [5.74, 6) is -0.425. The van der Waals surface area contributed by atoms with Gasteiger partial charge in [-0.2, -0.15) is 0 Å². The summed E-state index contributed by atoms with van der Waals surface area (Å²) < 4.78 is 33.4. The highest BCUT2D eigenvalue weighted by Crippen LogP contribution is 2.26. The van der Waals surface area contributed by atoms with Crippen molar-refractivity contribution in [3.05, 3.63) is 36.9 Å². The molecule has 0 aliphatic heterocycles. The van der Waals surface area contributed by atoms with Gasteiger partial charge < -0.3 is 4.55 Å². The molecular weight excluding hydrogens is 312 g/mol. The summed E-state index contributed by atoms with van der Waals surface area (Å²) in [4.78, 5) is 13.5. The van der Waals surface area contributed by atoms with E-state index in [1.165, 1.54) is 11.3 Å². The third-order valence-corrected chi connectivity index (χ3v) is 4.47. The number of fused-ring (bicyclic) bond motifs is 1. The Labute approximate surface area is 124 Å². The van der Waals surface area contributed by atoms with E-state index >= 15 is 0 Å². The number of hydrogen-bond donors (Lipinski definition) is 0. The summed E-state index contributed by atoms with van der Waals surface area (Å²) in [5, 5.41) is 0.791. The van der Waals surface area contributed by atoms with Gasteiger partial charge in [-0.05, 0) is 0 Å². The van der Waals surface area contributed by atoms with Gasteiger partial charge in [-0.25, -0.2) is 27.9 Å². The Bertz CT molecular complexity index is 842. The number of nitrogens with zero attached hydrogens (tertiary/aromatic N) is 4. The first kappa shape index (κ1) is 14.0. The highest BCUT2D eigenvalue weighted by molar-refractivity contribution is 7.85. The average Bonchev–Trinajstić information content (AvgIpc) is 2.89. The van der Waals surface area contributed by atoms with Gasteiger partial charge in [0.15, 0.2) is 29.4 Å². The standard InChI is InChI=1S/C12H10N4O3S2/c17-21(18,19)8-7-16-5-1-9(2-6-16)11-15-10-12(20-11)14-4-3-13-10/h1-6H,7-8H2. The molecule has 0 bridgehead atoms. The first-order chi connectivity index (χ1) is 10.0. The van der Waals surface area contributed by atoms with Crippen LogP contribution in [-0.2, 0) is 16.7 Å². The molecule has 0 saturated heterocycles. The van der Waals surface area contributed by atoms with Crippen molar-refractivity contribution in [2.75, 3.05) is 5.75 Å².